The summed E-state index contributed by atoms with van der Waals surface area (Å²) in [5.74, 6) is 1.11. The van der Waals surface area contributed by atoms with Gasteiger partial charge in [-0.25, -0.2) is 4.98 Å². The van der Waals surface area contributed by atoms with E-state index in [1.54, 1.807) is 0 Å². The standard InChI is InChI=1S/C17H30N4/c1-17(2,15-18)8-4-6-10-20-11-13-21(14-12-20)16-7-3-5-9-19-16/h3,5,7,9H,4,6,8,10-15,18H2,1-2H3. The molecule has 2 rings (SSSR count). The van der Waals surface area contributed by atoms with E-state index >= 15 is 0 Å². The number of nitrogens with two attached hydrogens (primary N) is 1. The zero-order valence-corrected chi connectivity index (χ0v) is 13.6. The van der Waals surface area contributed by atoms with Crippen molar-refractivity contribution in [2.24, 2.45) is 11.1 Å². The molecule has 4 nitrogen and oxygen atoms in total. The topological polar surface area (TPSA) is 45.4 Å². The summed E-state index contributed by atoms with van der Waals surface area (Å²) in [5, 5.41) is 0. The summed E-state index contributed by atoms with van der Waals surface area (Å²) in [6.45, 7) is 11.0. The van der Waals surface area contributed by atoms with Crippen molar-refractivity contribution in [3.63, 3.8) is 0 Å². The van der Waals surface area contributed by atoms with E-state index < -0.39 is 0 Å². The number of anilines is 1. The van der Waals surface area contributed by atoms with Gasteiger partial charge in [-0.2, -0.15) is 0 Å². The highest BCUT2D eigenvalue weighted by Crippen LogP contribution is 2.21. The molecule has 0 radical (unpaired) electrons. The fourth-order valence-electron chi connectivity index (χ4n) is 2.78. The number of hydrogen-bond acceptors (Lipinski definition) is 4. The average Bonchev–Trinajstić information content (AvgIpc) is 2.53. The van der Waals surface area contributed by atoms with Gasteiger partial charge in [0.2, 0.25) is 0 Å². The molecule has 1 fully saturated rings. The number of hydrogen-bond donors (Lipinski definition) is 1. The fraction of sp³-hybridized carbons (Fsp3) is 0.706. The summed E-state index contributed by atoms with van der Waals surface area (Å²) in [4.78, 5) is 9.40. The number of piperazine rings is 1. The Balaban J connectivity index is 1.63. The lowest BCUT2D eigenvalue weighted by Gasteiger charge is -2.35. The molecule has 2 heterocycles. The van der Waals surface area contributed by atoms with Crippen molar-refractivity contribution in [1.82, 2.24) is 9.88 Å². The Labute approximate surface area is 129 Å². The van der Waals surface area contributed by atoms with E-state index in [1.807, 2.05) is 12.3 Å². The average molecular weight is 290 g/mol. The van der Waals surface area contributed by atoms with E-state index in [2.05, 4.69) is 40.8 Å². The maximum atomic E-state index is 5.78. The van der Waals surface area contributed by atoms with Gasteiger partial charge in [0, 0.05) is 32.4 Å². The SMILES string of the molecule is CC(C)(CN)CCCCN1CCN(c2ccccn2)CC1. The van der Waals surface area contributed by atoms with Crippen LogP contribution in [0.5, 0.6) is 0 Å². The van der Waals surface area contributed by atoms with Gasteiger partial charge in [-0.05, 0) is 43.5 Å². The summed E-state index contributed by atoms with van der Waals surface area (Å²) in [5.41, 5.74) is 6.08. The van der Waals surface area contributed by atoms with Gasteiger partial charge in [0.15, 0.2) is 0 Å². The number of rotatable bonds is 7. The Morgan fingerprint density at radius 2 is 1.90 bits per heavy atom. The zero-order chi connectivity index (χ0) is 15.1. The lowest BCUT2D eigenvalue weighted by molar-refractivity contribution is 0.242. The van der Waals surface area contributed by atoms with Crippen LogP contribution >= 0.6 is 0 Å². The van der Waals surface area contributed by atoms with Gasteiger partial charge >= 0.3 is 0 Å². The van der Waals surface area contributed by atoms with Crippen LogP contribution in [0.1, 0.15) is 33.1 Å². The van der Waals surface area contributed by atoms with Crippen molar-refractivity contribution in [2.45, 2.75) is 33.1 Å². The first-order chi connectivity index (χ1) is 10.1. The molecule has 21 heavy (non-hydrogen) atoms. The molecule has 0 aromatic carbocycles. The molecule has 0 aliphatic carbocycles. The molecule has 0 atom stereocenters. The monoisotopic (exact) mass is 290 g/mol. The highest BCUT2D eigenvalue weighted by Gasteiger charge is 2.18. The van der Waals surface area contributed by atoms with Gasteiger partial charge in [0.1, 0.15) is 5.82 Å². The van der Waals surface area contributed by atoms with Crippen LogP contribution in [0.4, 0.5) is 5.82 Å². The molecule has 1 aromatic rings. The highest BCUT2D eigenvalue weighted by atomic mass is 15.3. The van der Waals surface area contributed by atoms with E-state index in [0.29, 0.717) is 5.41 Å². The van der Waals surface area contributed by atoms with Crippen LogP contribution in [0, 0.1) is 5.41 Å². The van der Waals surface area contributed by atoms with E-state index in [-0.39, 0.29) is 0 Å². The number of nitrogens with zero attached hydrogens (tertiary/aromatic N) is 3. The van der Waals surface area contributed by atoms with Gasteiger partial charge in [0.25, 0.3) is 0 Å². The molecular weight excluding hydrogens is 260 g/mol. The second kappa shape index (κ2) is 7.76. The van der Waals surface area contributed by atoms with E-state index in [9.17, 15) is 0 Å². The summed E-state index contributed by atoms with van der Waals surface area (Å²) in [7, 11) is 0. The lowest BCUT2D eigenvalue weighted by Crippen LogP contribution is -2.46. The van der Waals surface area contributed by atoms with Crippen LogP contribution in [0.25, 0.3) is 0 Å². The van der Waals surface area contributed by atoms with Gasteiger partial charge in [-0.1, -0.05) is 26.3 Å². The summed E-state index contributed by atoms with van der Waals surface area (Å²) in [6, 6.07) is 6.14. The summed E-state index contributed by atoms with van der Waals surface area (Å²) < 4.78 is 0. The minimum atomic E-state index is 0.303. The summed E-state index contributed by atoms with van der Waals surface area (Å²) in [6.07, 6.45) is 5.68. The molecule has 1 aliphatic rings. The second-order valence-corrected chi connectivity index (χ2v) is 6.84. The molecule has 4 heteroatoms. The van der Waals surface area contributed by atoms with E-state index in [0.717, 1.165) is 38.5 Å². The normalized spacial score (nSPS) is 17.2. The van der Waals surface area contributed by atoms with Crippen molar-refractivity contribution >= 4 is 5.82 Å². The first kappa shape index (κ1) is 16.2. The first-order valence-corrected chi connectivity index (χ1v) is 8.19. The maximum Gasteiger partial charge on any atom is 0.128 e. The lowest BCUT2D eigenvalue weighted by atomic mass is 9.87. The smallest absolute Gasteiger partial charge is 0.128 e. The van der Waals surface area contributed by atoms with Crippen LogP contribution in [0.3, 0.4) is 0 Å². The molecule has 0 amide bonds. The molecule has 0 bridgehead atoms. The molecule has 1 aliphatic heterocycles. The van der Waals surface area contributed by atoms with Crippen molar-refractivity contribution in [3.05, 3.63) is 24.4 Å². The summed E-state index contributed by atoms with van der Waals surface area (Å²) >= 11 is 0. The van der Waals surface area contributed by atoms with Crippen molar-refractivity contribution in [1.29, 1.82) is 0 Å². The number of aromatic nitrogens is 1. The molecule has 0 spiro atoms. The molecule has 0 unspecified atom stereocenters. The molecule has 1 aromatic heterocycles. The molecule has 118 valence electrons. The quantitative estimate of drug-likeness (QED) is 0.783. The molecule has 0 saturated carbocycles. The zero-order valence-electron chi connectivity index (χ0n) is 13.6. The van der Waals surface area contributed by atoms with Crippen LogP contribution in [0.15, 0.2) is 24.4 Å². The largest absolute Gasteiger partial charge is 0.354 e. The van der Waals surface area contributed by atoms with Crippen molar-refractivity contribution in [2.75, 3.05) is 44.2 Å². The number of pyridine rings is 1. The molecular formula is C17H30N4. The first-order valence-electron chi connectivity index (χ1n) is 8.19. The Morgan fingerprint density at radius 3 is 2.52 bits per heavy atom. The third-order valence-corrected chi connectivity index (χ3v) is 4.48. The van der Waals surface area contributed by atoms with Crippen molar-refractivity contribution in [3.8, 4) is 0 Å². The Hall–Kier alpha value is -1.13. The third-order valence-electron chi connectivity index (χ3n) is 4.48. The Bertz CT molecular complexity index is 397. The van der Waals surface area contributed by atoms with Gasteiger partial charge in [0.05, 0.1) is 0 Å². The highest BCUT2D eigenvalue weighted by molar-refractivity contribution is 5.38. The van der Waals surface area contributed by atoms with Crippen molar-refractivity contribution < 1.29 is 0 Å². The van der Waals surface area contributed by atoms with E-state index in [1.165, 1.54) is 25.8 Å². The third kappa shape index (κ3) is 5.29. The predicted octanol–water partition coefficient (Wildman–Crippen LogP) is 2.36. The van der Waals surface area contributed by atoms with Crippen LogP contribution in [-0.4, -0.2) is 49.2 Å². The van der Waals surface area contributed by atoms with Crippen LogP contribution in [-0.2, 0) is 0 Å². The maximum absolute atomic E-state index is 5.78. The van der Waals surface area contributed by atoms with E-state index in [4.69, 9.17) is 5.73 Å². The Morgan fingerprint density at radius 1 is 1.14 bits per heavy atom. The Kier molecular flexibility index (Phi) is 6.00. The van der Waals surface area contributed by atoms with Gasteiger partial charge in [-0.3, -0.25) is 4.90 Å². The fourth-order valence-corrected chi connectivity index (χ4v) is 2.78. The number of unbranched alkanes of at least 4 members (excludes halogenated alkanes) is 1. The minimum absolute atomic E-state index is 0.303. The van der Waals surface area contributed by atoms with Crippen LogP contribution in [0.2, 0.25) is 0 Å². The van der Waals surface area contributed by atoms with Crippen LogP contribution < -0.4 is 10.6 Å². The predicted molar refractivity (Wildman–Crippen MR) is 89.6 cm³/mol. The van der Waals surface area contributed by atoms with Gasteiger partial charge < -0.3 is 10.6 Å². The molecule has 2 N–H and O–H groups in total. The van der Waals surface area contributed by atoms with Gasteiger partial charge in [-0.15, -0.1) is 0 Å². The second-order valence-electron chi connectivity index (χ2n) is 6.84. The minimum Gasteiger partial charge on any atom is -0.354 e. The molecule has 1 saturated heterocycles.